The maximum atomic E-state index is 2.24. The van der Waals surface area contributed by atoms with Crippen molar-refractivity contribution in [2.75, 3.05) is 0 Å². The molecule has 0 atom stereocenters. The van der Waals surface area contributed by atoms with E-state index in [0.717, 1.165) is 0 Å². The zero-order chi connectivity index (χ0) is 11.3. The summed E-state index contributed by atoms with van der Waals surface area (Å²) in [4.78, 5) is 0. The molecule has 0 aromatic rings. The van der Waals surface area contributed by atoms with Crippen LogP contribution in [0.3, 0.4) is 0 Å². The largest absolute Gasteiger partial charge is 0.0857 e. The molecular formula is C13H30. The van der Waals surface area contributed by atoms with Crippen LogP contribution in [0.5, 0.6) is 0 Å². The number of rotatable bonds is 2. The molecule has 0 unspecified atom stereocenters. The summed E-state index contributed by atoms with van der Waals surface area (Å²) in [6, 6.07) is 0. The number of allylic oxidation sites excluding steroid dienone is 2. The van der Waals surface area contributed by atoms with Gasteiger partial charge in [-0.05, 0) is 11.8 Å². The Morgan fingerprint density at radius 3 is 1.00 bits per heavy atom. The molecule has 0 saturated heterocycles. The van der Waals surface area contributed by atoms with Crippen LogP contribution in [0.25, 0.3) is 0 Å². The van der Waals surface area contributed by atoms with Crippen LogP contribution in [0.2, 0.25) is 0 Å². The van der Waals surface area contributed by atoms with E-state index in [1.807, 2.05) is 13.8 Å². The van der Waals surface area contributed by atoms with Gasteiger partial charge in [0.05, 0.1) is 0 Å². The van der Waals surface area contributed by atoms with Crippen LogP contribution in [-0.4, -0.2) is 0 Å². The van der Waals surface area contributed by atoms with Crippen molar-refractivity contribution in [1.29, 1.82) is 0 Å². The van der Waals surface area contributed by atoms with E-state index in [1.165, 1.54) is 6.42 Å². The fourth-order valence-corrected chi connectivity index (χ4v) is 0.444. The Morgan fingerprint density at radius 1 is 0.769 bits per heavy atom. The third-order valence-corrected chi connectivity index (χ3v) is 0.881. The normalized spacial score (nSPS) is 9.38. The summed E-state index contributed by atoms with van der Waals surface area (Å²) < 4.78 is 0. The first kappa shape index (κ1) is 18.5. The lowest BCUT2D eigenvalue weighted by atomic mass is 10.1. The molecule has 0 aliphatic carbocycles. The summed E-state index contributed by atoms with van der Waals surface area (Å²) in [7, 11) is 0. The van der Waals surface area contributed by atoms with Gasteiger partial charge in [0.15, 0.2) is 0 Å². The van der Waals surface area contributed by atoms with Gasteiger partial charge in [0.1, 0.15) is 0 Å². The SMILES string of the molecule is CC.CC(C)/C=C\C(C)C.CCC. The van der Waals surface area contributed by atoms with E-state index in [2.05, 4.69) is 53.7 Å². The topological polar surface area (TPSA) is 0 Å². The zero-order valence-corrected chi connectivity index (χ0v) is 11.0. The Balaban J connectivity index is -0.000000169. The third-order valence-electron chi connectivity index (χ3n) is 0.881. The Hall–Kier alpha value is -0.260. The van der Waals surface area contributed by atoms with Gasteiger partial charge < -0.3 is 0 Å². The van der Waals surface area contributed by atoms with Crippen molar-refractivity contribution in [1.82, 2.24) is 0 Å². The highest BCUT2D eigenvalue weighted by Gasteiger charge is 1.85. The predicted octanol–water partition coefficient (Wildman–Crippen LogP) is 5.30. The summed E-state index contributed by atoms with van der Waals surface area (Å²) in [6.07, 6.45) is 5.73. The highest BCUT2D eigenvalue weighted by Crippen LogP contribution is 1.99. The maximum absolute atomic E-state index is 2.24. The average molecular weight is 186 g/mol. The minimum atomic E-state index is 0.706. The summed E-state index contributed by atoms with van der Waals surface area (Å²) in [5.41, 5.74) is 0. The molecule has 0 saturated carbocycles. The first-order chi connectivity index (χ1) is 6.04. The van der Waals surface area contributed by atoms with Crippen molar-refractivity contribution >= 4 is 0 Å². The van der Waals surface area contributed by atoms with Gasteiger partial charge in [-0.25, -0.2) is 0 Å². The number of hydrogen-bond donors (Lipinski definition) is 0. The molecule has 0 aromatic carbocycles. The molecule has 0 N–H and O–H groups in total. The van der Waals surface area contributed by atoms with Gasteiger partial charge in [-0.3, -0.25) is 0 Å². The summed E-state index contributed by atoms with van der Waals surface area (Å²) in [5, 5.41) is 0. The minimum Gasteiger partial charge on any atom is -0.0857 e. The van der Waals surface area contributed by atoms with Crippen molar-refractivity contribution < 1.29 is 0 Å². The molecule has 0 radical (unpaired) electrons. The molecule has 0 aliphatic rings. The molecule has 0 fully saturated rings. The molecular weight excluding hydrogens is 156 g/mol. The number of hydrogen-bond acceptors (Lipinski definition) is 0. The summed E-state index contributed by atoms with van der Waals surface area (Å²) in [6.45, 7) is 17.0. The smallest absolute Gasteiger partial charge is 0.0290 e. The molecule has 0 nitrogen and oxygen atoms in total. The fraction of sp³-hybridized carbons (Fsp3) is 0.846. The van der Waals surface area contributed by atoms with E-state index in [0.29, 0.717) is 11.8 Å². The van der Waals surface area contributed by atoms with E-state index < -0.39 is 0 Å². The lowest BCUT2D eigenvalue weighted by Crippen LogP contribution is -1.81. The first-order valence-electron chi connectivity index (χ1n) is 5.72. The van der Waals surface area contributed by atoms with Gasteiger partial charge in [0.25, 0.3) is 0 Å². The molecule has 0 heterocycles. The minimum absolute atomic E-state index is 0.706. The lowest BCUT2D eigenvalue weighted by Gasteiger charge is -1.95. The second-order valence-corrected chi connectivity index (χ2v) is 3.58. The second kappa shape index (κ2) is 17.7. The second-order valence-electron chi connectivity index (χ2n) is 3.58. The van der Waals surface area contributed by atoms with Crippen molar-refractivity contribution in [3.63, 3.8) is 0 Å². The maximum Gasteiger partial charge on any atom is -0.0290 e. The molecule has 0 heteroatoms. The Bertz CT molecular complexity index is 68.0. The Kier molecular flexibility index (Phi) is 25.2. The fourth-order valence-electron chi connectivity index (χ4n) is 0.444. The molecule has 0 aromatic heterocycles. The molecule has 82 valence electrons. The lowest BCUT2D eigenvalue weighted by molar-refractivity contribution is 0.780. The first-order valence-corrected chi connectivity index (χ1v) is 5.72. The van der Waals surface area contributed by atoms with Gasteiger partial charge in [0.2, 0.25) is 0 Å². The van der Waals surface area contributed by atoms with Gasteiger partial charge in [-0.2, -0.15) is 0 Å². The van der Waals surface area contributed by atoms with Crippen molar-refractivity contribution in [3.8, 4) is 0 Å². The summed E-state index contributed by atoms with van der Waals surface area (Å²) >= 11 is 0. The monoisotopic (exact) mass is 186 g/mol. The van der Waals surface area contributed by atoms with Crippen LogP contribution in [0.4, 0.5) is 0 Å². The van der Waals surface area contributed by atoms with Gasteiger partial charge in [0, 0.05) is 0 Å². The van der Waals surface area contributed by atoms with Crippen LogP contribution in [0, 0.1) is 11.8 Å². The van der Waals surface area contributed by atoms with Gasteiger partial charge in [-0.1, -0.05) is 74.0 Å². The quantitative estimate of drug-likeness (QED) is 0.513. The van der Waals surface area contributed by atoms with E-state index in [-0.39, 0.29) is 0 Å². The summed E-state index contributed by atoms with van der Waals surface area (Å²) in [5.74, 6) is 1.41. The van der Waals surface area contributed by atoms with Crippen LogP contribution in [0.1, 0.15) is 61.8 Å². The molecule has 0 aliphatic heterocycles. The van der Waals surface area contributed by atoms with Crippen LogP contribution in [0.15, 0.2) is 12.2 Å². The molecule has 0 spiro atoms. The van der Waals surface area contributed by atoms with E-state index in [1.54, 1.807) is 0 Å². The van der Waals surface area contributed by atoms with Crippen molar-refractivity contribution in [3.05, 3.63) is 12.2 Å². The molecule has 0 amide bonds. The highest BCUT2D eigenvalue weighted by molar-refractivity contribution is 4.86. The van der Waals surface area contributed by atoms with Crippen LogP contribution >= 0.6 is 0 Å². The predicted molar refractivity (Wildman–Crippen MR) is 66.1 cm³/mol. The van der Waals surface area contributed by atoms with Crippen LogP contribution in [-0.2, 0) is 0 Å². The Morgan fingerprint density at radius 2 is 0.923 bits per heavy atom. The van der Waals surface area contributed by atoms with Crippen LogP contribution < -0.4 is 0 Å². The standard InChI is InChI=1S/C8H16.C3H8.C2H6/c1-7(2)5-6-8(3)4;1-3-2;1-2/h5-8H,1-4H3;3H2,1-2H3;1-2H3/b6-5-;;. The molecule has 13 heavy (non-hydrogen) atoms. The Labute approximate surface area is 86.4 Å². The van der Waals surface area contributed by atoms with Crippen molar-refractivity contribution in [2.24, 2.45) is 11.8 Å². The van der Waals surface area contributed by atoms with Gasteiger partial charge in [-0.15, -0.1) is 0 Å². The van der Waals surface area contributed by atoms with E-state index in [9.17, 15) is 0 Å². The third kappa shape index (κ3) is 49.6. The van der Waals surface area contributed by atoms with Crippen molar-refractivity contribution in [2.45, 2.75) is 61.8 Å². The molecule has 0 bridgehead atoms. The van der Waals surface area contributed by atoms with Gasteiger partial charge >= 0.3 is 0 Å². The molecule has 0 rings (SSSR count). The van der Waals surface area contributed by atoms with E-state index in [4.69, 9.17) is 0 Å². The van der Waals surface area contributed by atoms with E-state index >= 15 is 0 Å². The average Bonchev–Trinajstić information content (AvgIpc) is 2.06. The highest BCUT2D eigenvalue weighted by atomic mass is 13.9. The zero-order valence-electron chi connectivity index (χ0n) is 11.0.